The van der Waals surface area contributed by atoms with Crippen LogP contribution in [0.1, 0.15) is 38.8 Å². The van der Waals surface area contributed by atoms with E-state index in [4.69, 9.17) is 9.72 Å². The Labute approximate surface area is 120 Å². The smallest absolute Gasteiger partial charge is 0.221 e. The number of pyridine rings is 1. The lowest BCUT2D eigenvalue weighted by Crippen LogP contribution is -2.26. The minimum Gasteiger partial charge on any atom is -0.474 e. The third-order valence-electron chi connectivity index (χ3n) is 3.78. The molecule has 20 heavy (non-hydrogen) atoms. The summed E-state index contributed by atoms with van der Waals surface area (Å²) >= 11 is 0. The molecule has 1 aliphatic carbocycles. The molecule has 1 aliphatic rings. The summed E-state index contributed by atoms with van der Waals surface area (Å²) in [6.45, 7) is 5.07. The summed E-state index contributed by atoms with van der Waals surface area (Å²) in [5.41, 5.74) is 1.05. The van der Waals surface area contributed by atoms with E-state index in [2.05, 4.69) is 43.4 Å². The molecule has 1 saturated carbocycles. The molecule has 0 saturated heterocycles. The SMILES string of the molecule is CC(C)NCc1cc2ccccc2c(OC2CCC2)n1. The van der Waals surface area contributed by atoms with Crippen LogP contribution >= 0.6 is 0 Å². The van der Waals surface area contributed by atoms with Gasteiger partial charge in [-0.15, -0.1) is 0 Å². The van der Waals surface area contributed by atoms with Crippen LogP contribution in [0, 0.1) is 0 Å². The number of fused-ring (bicyclic) bond motifs is 1. The van der Waals surface area contributed by atoms with E-state index in [-0.39, 0.29) is 0 Å². The fraction of sp³-hybridized carbons (Fsp3) is 0.471. The molecule has 1 aromatic heterocycles. The van der Waals surface area contributed by atoms with Crippen molar-refractivity contribution in [3.8, 4) is 5.88 Å². The molecule has 106 valence electrons. The van der Waals surface area contributed by atoms with Gasteiger partial charge < -0.3 is 10.1 Å². The maximum absolute atomic E-state index is 6.07. The first-order chi connectivity index (χ1) is 9.72. The Bertz CT molecular complexity index is 591. The van der Waals surface area contributed by atoms with Crippen LogP contribution in [0.4, 0.5) is 0 Å². The summed E-state index contributed by atoms with van der Waals surface area (Å²) < 4.78 is 6.07. The predicted molar refractivity (Wildman–Crippen MR) is 82.0 cm³/mol. The summed E-state index contributed by atoms with van der Waals surface area (Å²) in [5.74, 6) is 0.799. The third kappa shape index (κ3) is 2.93. The lowest BCUT2D eigenvalue weighted by molar-refractivity contribution is 0.116. The zero-order chi connectivity index (χ0) is 13.9. The highest BCUT2D eigenvalue weighted by Crippen LogP contribution is 2.30. The van der Waals surface area contributed by atoms with Gasteiger partial charge in [0.2, 0.25) is 5.88 Å². The average molecular weight is 270 g/mol. The largest absolute Gasteiger partial charge is 0.474 e. The standard InChI is InChI=1S/C17H22N2O/c1-12(2)18-11-14-10-13-6-3-4-9-16(13)17(19-14)20-15-7-5-8-15/h3-4,6,9-10,12,15,18H,5,7-8,11H2,1-2H3. The Balaban J connectivity index is 1.91. The van der Waals surface area contributed by atoms with E-state index in [0.29, 0.717) is 12.1 Å². The van der Waals surface area contributed by atoms with Crippen molar-refractivity contribution in [3.63, 3.8) is 0 Å². The Morgan fingerprint density at radius 2 is 2.10 bits per heavy atom. The van der Waals surface area contributed by atoms with Crippen LogP contribution in [0.3, 0.4) is 0 Å². The van der Waals surface area contributed by atoms with Crippen molar-refractivity contribution < 1.29 is 4.74 Å². The van der Waals surface area contributed by atoms with Crippen molar-refractivity contribution in [3.05, 3.63) is 36.0 Å². The molecule has 0 radical (unpaired) electrons. The van der Waals surface area contributed by atoms with Crippen LogP contribution in [0.5, 0.6) is 5.88 Å². The normalized spacial score (nSPS) is 15.6. The molecule has 0 aliphatic heterocycles. The number of hydrogen-bond donors (Lipinski definition) is 1. The van der Waals surface area contributed by atoms with Gasteiger partial charge in [0.1, 0.15) is 6.10 Å². The number of hydrogen-bond acceptors (Lipinski definition) is 3. The summed E-state index contributed by atoms with van der Waals surface area (Å²) in [6, 6.07) is 10.9. The molecule has 0 spiro atoms. The van der Waals surface area contributed by atoms with Crippen LogP contribution in [0.25, 0.3) is 10.8 Å². The average Bonchev–Trinajstić information content (AvgIpc) is 2.40. The van der Waals surface area contributed by atoms with E-state index >= 15 is 0 Å². The molecule has 3 heteroatoms. The van der Waals surface area contributed by atoms with Crippen molar-refractivity contribution in [2.75, 3.05) is 0 Å². The monoisotopic (exact) mass is 270 g/mol. The van der Waals surface area contributed by atoms with Gasteiger partial charge in [-0.3, -0.25) is 0 Å². The minimum atomic E-state index is 0.360. The van der Waals surface area contributed by atoms with Crippen molar-refractivity contribution >= 4 is 10.8 Å². The molecule has 3 nitrogen and oxygen atoms in total. The van der Waals surface area contributed by atoms with Gasteiger partial charge in [-0.2, -0.15) is 0 Å². The van der Waals surface area contributed by atoms with Crippen LogP contribution in [-0.2, 0) is 6.54 Å². The molecule has 3 rings (SSSR count). The minimum absolute atomic E-state index is 0.360. The third-order valence-corrected chi connectivity index (χ3v) is 3.78. The van der Waals surface area contributed by atoms with Gasteiger partial charge >= 0.3 is 0 Å². The van der Waals surface area contributed by atoms with Gasteiger partial charge in [-0.1, -0.05) is 32.0 Å². The fourth-order valence-electron chi connectivity index (χ4n) is 2.36. The first kappa shape index (κ1) is 13.4. The van der Waals surface area contributed by atoms with Gasteiger partial charge in [0.25, 0.3) is 0 Å². The van der Waals surface area contributed by atoms with Gasteiger partial charge in [-0.05, 0) is 36.8 Å². The summed E-state index contributed by atoms with van der Waals surface area (Å²) in [5, 5.41) is 5.74. The van der Waals surface area contributed by atoms with Crippen LogP contribution in [0.2, 0.25) is 0 Å². The fourth-order valence-corrected chi connectivity index (χ4v) is 2.36. The number of ether oxygens (including phenoxy) is 1. The second kappa shape index (κ2) is 5.80. The van der Waals surface area contributed by atoms with Crippen LogP contribution in [-0.4, -0.2) is 17.1 Å². The maximum atomic E-state index is 6.07. The number of aromatic nitrogens is 1. The molecule has 1 heterocycles. The number of rotatable bonds is 5. The van der Waals surface area contributed by atoms with E-state index in [1.54, 1.807) is 0 Å². The van der Waals surface area contributed by atoms with E-state index < -0.39 is 0 Å². The van der Waals surface area contributed by atoms with Gasteiger partial charge in [-0.25, -0.2) is 4.98 Å². The quantitative estimate of drug-likeness (QED) is 0.900. The first-order valence-corrected chi connectivity index (χ1v) is 7.51. The van der Waals surface area contributed by atoms with Crippen molar-refractivity contribution in [2.45, 2.75) is 51.8 Å². The lowest BCUT2D eigenvalue weighted by Gasteiger charge is -2.26. The zero-order valence-electron chi connectivity index (χ0n) is 12.2. The van der Waals surface area contributed by atoms with Crippen LogP contribution in [0.15, 0.2) is 30.3 Å². The highest BCUT2D eigenvalue weighted by Gasteiger charge is 2.21. The molecule has 0 atom stereocenters. The Morgan fingerprint density at radius 1 is 1.30 bits per heavy atom. The maximum Gasteiger partial charge on any atom is 0.221 e. The Kier molecular flexibility index (Phi) is 3.88. The highest BCUT2D eigenvalue weighted by atomic mass is 16.5. The summed E-state index contributed by atoms with van der Waals surface area (Å²) in [7, 11) is 0. The lowest BCUT2D eigenvalue weighted by atomic mass is 9.96. The second-order valence-corrected chi connectivity index (χ2v) is 5.85. The topological polar surface area (TPSA) is 34.1 Å². The molecule has 0 amide bonds. The zero-order valence-corrected chi connectivity index (χ0v) is 12.2. The Morgan fingerprint density at radius 3 is 2.80 bits per heavy atom. The molecule has 0 unspecified atom stereocenters. The number of benzene rings is 1. The predicted octanol–water partition coefficient (Wildman–Crippen LogP) is 3.66. The molecular formula is C17H22N2O. The van der Waals surface area contributed by atoms with Gasteiger partial charge in [0.15, 0.2) is 0 Å². The number of nitrogens with one attached hydrogen (secondary N) is 1. The van der Waals surface area contributed by atoms with Crippen molar-refractivity contribution in [1.82, 2.24) is 10.3 Å². The molecule has 0 bridgehead atoms. The number of nitrogens with zero attached hydrogens (tertiary/aromatic N) is 1. The highest BCUT2D eigenvalue weighted by molar-refractivity contribution is 5.87. The first-order valence-electron chi connectivity index (χ1n) is 7.51. The van der Waals surface area contributed by atoms with Crippen molar-refractivity contribution in [2.24, 2.45) is 0 Å². The van der Waals surface area contributed by atoms with E-state index in [1.165, 1.54) is 11.8 Å². The van der Waals surface area contributed by atoms with Crippen LogP contribution < -0.4 is 10.1 Å². The van der Waals surface area contributed by atoms with E-state index in [9.17, 15) is 0 Å². The van der Waals surface area contributed by atoms with Gasteiger partial charge in [0, 0.05) is 18.0 Å². The van der Waals surface area contributed by atoms with E-state index in [1.807, 2.05) is 6.07 Å². The second-order valence-electron chi connectivity index (χ2n) is 5.85. The molecule has 1 aromatic carbocycles. The summed E-state index contributed by atoms with van der Waals surface area (Å²) in [4.78, 5) is 4.71. The molecule has 2 aromatic rings. The molecule has 1 fully saturated rings. The summed E-state index contributed by atoms with van der Waals surface area (Å²) in [6.07, 6.45) is 3.95. The Hall–Kier alpha value is -1.61. The molecule has 1 N–H and O–H groups in total. The van der Waals surface area contributed by atoms with Crippen molar-refractivity contribution in [1.29, 1.82) is 0 Å². The van der Waals surface area contributed by atoms with E-state index in [0.717, 1.165) is 36.3 Å². The van der Waals surface area contributed by atoms with Gasteiger partial charge in [0.05, 0.1) is 5.69 Å². The molecular weight excluding hydrogens is 248 g/mol.